The molecule has 0 aliphatic carbocycles. The van der Waals surface area contributed by atoms with Crippen LogP contribution in [0.15, 0.2) is 49.2 Å². The van der Waals surface area contributed by atoms with Gasteiger partial charge >= 0.3 is 5.97 Å². The van der Waals surface area contributed by atoms with Crippen LogP contribution in [-0.4, -0.2) is 35.0 Å². The number of fused-ring (bicyclic) bond motifs is 4. The highest BCUT2D eigenvalue weighted by Gasteiger charge is 2.44. The van der Waals surface area contributed by atoms with E-state index in [1.807, 2.05) is 50.4 Å². The average molecular weight is 379 g/mol. The molecule has 2 aromatic rings. The molecule has 28 heavy (non-hydrogen) atoms. The monoisotopic (exact) mass is 378 g/mol. The smallest absolute Gasteiger partial charge is 0.309 e. The zero-order valence-corrected chi connectivity index (χ0v) is 16.9. The van der Waals surface area contributed by atoms with Gasteiger partial charge in [-0.25, -0.2) is 0 Å². The Morgan fingerprint density at radius 2 is 2.18 bits per heavy atom. The summed E-state index contributed by atoms with van der Waals surface area (Å²) in [6.07, 6.45) is 7.01. The number of ether oxygens (including phenoxy) is 1. The number of carbonyl (C=O) groups is 1. The maximum Gasteiger partial charge on any atom is 0.309 e. The molecular formula is C24H30N2O2. The van der Waals surface area contributed by atoms with Crippen molar-refractivity contribution >= 4 is 16.9 Å². The predicted molar refractivity (Wildman–Crippen MR) is 112 cm³/mol. The Morgan fingerprint density at radius 3 is 2.89 bits per heavy atom. The molecular weight excluding hydrogens is 348 g/mol. The molecule has 0 N–H and O–H groups in total. The number of allylic oxidation sites excluding steroid dienone is 1. The maximum absolute atomic E-state index is 12.6. The molecule has 0 spiro atoms. The summed E-state index contributed by atoms with van der Waals surface area (Å²) in [6.45, 7) is 9.89. The number of pyridine rings is 1. The minimum absolute atomic E-state index is 0.129. The molecule has 148 valence electrons. The van der Waals surface area contributed by atoms with E-state index in [1.165, 1.54) is 6.42 Å². The first kappa shape index (κ1) is 19.1. The van der Waals surface area contributed by atoms with Crippen LogP contribution in [0.25, 0.3) is 10.9 Å². The number of rotatable bonds is 6. The van der Waals surface area contributed by atoms with Gasteiger partial charge in [-0.3, -0.25) is 14.7 Å². The zero-order chi connectivity index (χ0) is 19.7. The SMILES string of the molecule is C=CCC1CN2CCC1CC2[C@@H](OC(=O)C(C)C)c1ccnc2ccccc12. The molecule has 5 atom stereocenters. The van der Waals surface area contributed by atoms with Gasteiger partial charge in [0.15, 0.2) is 0 Å². The summed E-state index contributed by atoms with van der Waals surface area (Å²) in [6, 6.07) is 10.4. The summed E-state index contributed by atoms with van der Waals surface area (Å²) in [5.74, 6) is 1.09. The largest absolute Gasteiger partial charge is 0.456 e. The van der Waals surface area contributed by atoms with Crippen LogP contribution >= 0.6 is 0 Å². The van der Waals surface area contributed by atoms with E-state index in [2.05, 4.69) is 22.5 Å². The number of piperidine rings is 3. The van der Waals surface area contributed by atoms with Gasteiger partial charge in [0.1, 0.15) is 6.10 Å². The lowest BCUT2D eigenvalue weighted by atomic mass is 9.72. The highest BCUT2D eigenvalue weighted by Crippen LogP contribution is 2.44. The molecule has 4 unspecified atom stereocenters. The van der Waals surface area contributed by atoms with Crippen molar-refractivity contribution < 1.29 is 9.53 Å². The third kappa shape index (κ3) is 3.58. The first-order valence-electron chi connectivity index (χ1n) is 10.5. The fourth-order valence-electron chi connectivity index (χ4n) is 4.95. The minimum Gasteiger partial charge on any atom is -0.456 e. The number of carbonyl (C=O) groups excluding carboxylic acids is 1. The molecule has 2 bridgehead atoms. The normalized spacial score (nSPS) is 27.7. The zero-order valence-electron chi connectivity index (χ0n) is 16.9. The van der Waals surface area contributed by atoms with Crippen molar-refractivity contribution in [2.75, 3.05) is 13.1 Å². The highest BCUT2D eigenvalue weighted by atomic mass is 16.5. The first-order chi connectivity index (χ1) is 13.6. The molecule has 5 rings (SSSR count). The summed E-state index contributed by atoms with van der Waals surface area (Å²) < 4.78 is 6.16. The number of benzene rings is 1. The molecule has 1 aromatic carbocycles. The Hall–Kier alpha value is -2.20. The average Bonchev–Trinajstić information content (AvgIpc) is 2.72. The quantitative estimate of drug-likeness (QED) is 0.537. The molecule has 1 aromatic heterocycles. The second-order valence-electron chi connectivity index (χ2n) is 8.56. The maximum atomic E-state index is 12.6. The highest BCUT2D eigenvalue weighted by molar-refractivity contribution is 5.83. The number of hydrogen-bond donors (Lipinski definition) is 0. The standard InChI is InChI=1S/C24H30N2O2/c1-4-7-18-15-26-13-11-17(18)14-22(26)23(28-24(27)16(2)3)20-10-12-25-21-9-6-5-8-19(20)21/h4-6,8-10,12,16-18,22-23H,1,7,11,13-15H2,2-3H3/t17?,18?,22?,23-/m0/s1. The molecule has 0 saturated carbocycles. The molecule has 4 nitrogen and oxygen atoms in total. The van der Waals surface area contributed by atoms with E-state index in [-0.39, 0.29) is 24.0 Å². The molecule has 0 amide bonds. The Labute approximate surface area is 167 Å². The van der Waals surface area contributed by atoms with Crippen LogP contribution in [0.5, 0.6) is 0 Å². The Morgan fingerprint density at radius 1 is 1.36 bits per heavy atom. The molecule has 3 fully saturated rings. The summed E-state index contributed by atoms with van der Waals surface area (Å²) in [7, 11) is 0. The summed E-state index contributed by atoms with van der Waals surface area (Å²) in [4.78, 5) is 19.7. The van der Waals surface area contributed by atoms with Crippen molar-refractivity contribution in [3.05, 3.63) is 54.7 Å². The fraction of sp³-hybridized carbons (Fsp3) is 0.500. The van der Waals surface area contributed by atoms with Crippen molar-refractivity contribution in [1.82, 2.24) is 9.88 Å². The van der Waals surface area contributed by atoms with Crippen LogP contribution in [0.2, 0.25) is 0 Å². The molecule has 0 radical (unpaired) electrons. The third-order valence-electron chi connectivity index (χ3n) is 6.46. The lowest BCUT2D eigenvalue weighted by Crippen LogP contribution is -2.55. The van der Waals surface area contributed by atoms with Gasteiger partial charge in [0, 0.05) is 23.7 Å². The van der Waals surface area contributed by atoms with E-state index in [0.29, 0.717) is 11.8 Å². The summed E-state index contributed by atoms with van der Waals surface area (Å²) >= 11 is 0. The van der Waals surface area contributed by atoms with E-state index >= 15 is 0 Å². The van der Waals surface area contributed by atoms with Crippen molar-refractivity contribution in [3.8, 4) is 0 Å². The summed E-state index contributed by atoms with van der Waals surface area (Å²) in [5.41, 5.74) is 2.03. The van der Waals surface area contributed by atoms with Crippen molar-refractivity contribution in [2.45, 2.75) is 45.3 Å². The molecule has 3 saturated heterocycles. The third-order valence-corrected chi connectivity index (χ3v) is 6.46. The Balaban J connectivity index is 1.71. The van der Waals surface area contributed by atoms with Gasteiger partial charge in [-0.05, 0) is 49.8 Å². The molecule has 4 heteroatoms. The van der Waals surface area contributed by atoms with Gasteiger partial charge in [0.2, 0.25) is 0 Å². The van der Waals surface area contributed by atoms with Crippen LogP contribution in [0.3, 0.4) is 0 Å². The van der Waals surface area contributed by atoms with Crippen LogP contribution in [-0.2, 0) is 9.53 Å². The van der Waals surface area contributed by atoms with E-state index in [9.17, 15) is 4.79 Å². The number of aromatic nitrogens is 1. The predicted octanol–water partition coefficient (Wildman–Crippen LogP) is 4.76. The topological polar surface area (TPSA) is 42.4 Å². The number of hydrogen-bond acceptors (Lipinski definition) is 4. The van der Waals surface area contributed by atoms with E-state index < -0.39 is 0 Å². The molecule has 4 heterocycles. The Bertz CT molecular complexity index is 857. The fourth-order valence-corrected chi connectivity index (χ4v) is 4.95. The Kier molecular flexibility index (Phi) is 5.49. The van der Waals surface area contributed by atoms with Crippen molar-refractivity contribution in [1.29, 1.82) is 0 Å². The molecule has 3 aliphatic rings. The number of para-hydroxylation sites is 1. The van der Waals surface area contributed by atoms with Gasteiger partial charge in [0.05, 0.1) is 17.5 Å². The second kappa shape index (κ2) is 8.04. The van der Waals surface area contributed by atoms with Crippen LogP contribution in [0.4, 0.5) is 0 Å². The lowest BCUT2D eigenvalue weighted by molar-refractivity contribution is -0.161. The van der Waals surface area contributed by atoms with Crippen molar-refractivity contribution in [3.63, 3.8) is 0 Å². The van der Waals surface area contributed by atoms with Crippen LogP contribution in [0, 0.1) is 17.8 Å². The second-order valence-corrected chi connectivity index (χ2v) is 8.56. The van der Waals surface area contributed by atoms with E-state index in [0.717, 1.165) is 42.4 Å². The van der Waals surface area contributed by atoms with Gasteiger partial charge in [0.25, 0.3) is 0 Å². The van der Waals surface area contributed by atoms with E-state index in [1.54, 1.807) is 0 Å². The van der Waals surface area contributed by atoms with Crippen LogP contribution < -0.4 is 0 Å². The first-order valence-corrected chi connectivity index (χ1v) is 10.5. The van der Waals surface area contributed by atoms with Gasteiger partial charge < -0.3 is 4.74 Å². The number of nitrogens with zero attached hydrogens (tertiary/aromatic N) is 2. The van der Waals surface area contributed by atoms with Crippen LogP contribution in [0.1, 0.15) is 44.8 Å². The van der Waals surface area contributed by atoms with E-state index in [4.69, 9.17) is 4.74 Å². The lowest BCUT2D eigenvalue weighted by Gasteiger charge is -2.51. The molecule has 3 aliphatic heterocycles. The minimum atomic E-state index is -0.254. The summed E-state index contributed by atoms with van der Waals surface area (Å²) in [5, 5.41) is 1.08. The van der Waals surface area contributed by atoms with Crippen molar-refractivity contribution in [2.24, 2.45) is 17.8 Å². The van der Waals surface area contributed by atoms with Gasteiger partial charge in [-0.1, -0.05) is 38.1 Å². The van der Waals surface area contributed by atoms with Gasteiger partial charge in [-0.2, -0.15) is 0 Å². The van der Waals surface area contributed by atoms with Gasteiger partial charge in [-0.15, -0.1) is 6.58 Å². The number of esters is 1.